The summed E-state index contributed by atoms with van der Waals surface area (Å²) < 4.78 is 11.4. The van der Waals surface area contributed by atoms with E-state index >= 15 is 0 Å². The molecule has 3 rings (SSSR count). The molecule has 2 aromatic rings. The normalized spacial score (nSPS) is 15.2. The molecule has 7 nitrogen and oxygen atoms in total. The van der Waals surface area contributed by atoms with Crippen LogP contribution in [0.1, 0.15) is 37.8 Å². The Morgan fingerprint density at radius 1 is 1.06 bits per heavy atom. The van der Waals surface area contributed by atoms with Gasteiger partial charge in [-0.25, -0.2) is 9.69 Å². The van der Waals surface area contributed by atoms with Crippen LogP contribution in [0.3, 0.4) is 0 Å². The minimum absolute atomic E-state index is 0.175. The van der Waals surface area contributed by atoms with E-state index in [0.717, 1.165) is 17.7 Å². The summed E-state index contributed by atoms with van der Waals surface area (Å²) in [5.74, 6) is -0.393. The molecule has 0 aliphatic carbocycles. The third kappa shape index (κ3) is 4.94. The fraction of sp³-hybridized carbons (Fsp3) is 0.292. The van der Waals surface area contributed by atoms with Gasteiger partial charge in [-0.05, 0) is 61.7 Å². The van der Waals surface area contributed by atoms with E-state index in [0.29, 0.717) is 46.5 Å². The van der Waals surface area contributed by atoms with Crippen LogP contribution in [0.2, 0.25) is 5.02 Å². The molecule has 0 atom stereocenters. The van der Waals surface area contributed by atoms with Gasteiger partial charge in [-0.3, -0.25) is 14.9 Å². The molecule has 1 fully saturated rings. The van der Waals surface area contributed by atoms with E-state index in [9.17, 15) is 14.4 Å². The lowest BCUT2D eigenvalue weighted by Gasteiger charge is -2.27. The van der Waals surface area contributed by atoms with Gasteiger partial charge in [0, 0.05) is 5.02 Å². The van der Waals surface area contributed by atoms with Crippen molar-refractivity contribution in [1.29, 1.82) is 0 Å². The molecule has 0 radical (unpaired) electrons. The molecule has 0 spiro atoms. The van der Waals surface area contributed by atoms with Gasteiger partial charge in [0.05, 0.1) is 18.9 Å². The Bertz CT molecular complexity index is 1080. The zero-order valence-corrected chi connectivity index (χ0v) is 19.0. The first kappa shape index (κ1) is 23.3. The van der Waals surface area contributed by atoms with Gasteiger partial charge in [0.2, 0.25) is 0 Å². The number of rotatable bonds is 8. The summed E-state index contributed by atoms with van der Waals surface area (Å²) in [6.07, 6.45) is 3.35. The lowest BCUT2D eigenvalue weighted by atomic mass is 10.1. The van der Waals surface area contributed by atoms with Crippen molar-refractivity contribution in [1.82, 2.24) is 5.32 Å². The van der Waals surface area contributed by atoms with E-state index in [1.165, 1.54) is 6.08 Å². The van der Waals surface area contributed by atoms with Gasteiger partial charge in [0.1, 0.15) is 5.57 Å². The number of imide groups is 2. The van der Waals surface area contributed by atoms with Crippen molar-refractivity contribution in [2.45, 2.75) is 33.6 Å². The Hall–Kier alpha value is -3.32. The second-order valence-corrected chi connectivity index (χ2v) is 7.59. The van der Waals surface area contributed by atoms with Crippen molar-refractivity contribution in [3.63, 3.8) is 0 Å². The van der Waals surface area contributed by atoms with Crippen LogP contribution in [0.25, 0.3) is 6.08 Å². The Labute approximate surface area is 191 Å². The van der Waals surface area contributed by atoms with E-state index in [1.54, 1.807) is 43.3 Å². The number of barbiturate groups is 1. The highest BCUT2D eigenvalue weighted by Gasteiger charge is 2.37. The van der Waals surface area contributed by atoms with Crippen molar-refractivity contribution in [3.05, 3.63) is 58.1 Å². The number of halogens is 1. The van der Waals surface area contributed by atoms with E-state index < -0.39 is 17.8 Å². The number of nitrogens with zero attached hydrogens (tertiary/aromatic N) is 1. The van der Waals surface area contributed by atoms with Crippen LogP contribution in [0, 0.1) is 6.92 Å². The molecule has 1 aliphatic heterocycles. The average molecular weight is 457 g/mol. The third-order valence-corrected chi connectivity index (χ3v) is 5.33. The highest BCUT2D eigenvalue weighted by Crippen LogP contribution is 2.32. The van der Waals surface area contributed by atoms with Gasteiger partial charge in [0.15, 0.2) is 11.5 Å². The quantitative estimate of drug-likeness (QED) is 0.347. The zero-order valence-electron chi connectivity index (χ0n) is 18.2. The molecular weight excluding hydrogens is 432 g/mol. The Morgan fingerprint density at radius 3 is 2.56 bits per heavy atom. The molecule has 1 N–H and O–H groups in total. The summed E-state index contributed by atoms with van der Waals surface area (Å²) in [4.78, 5) is 39.0. The molecule has 0 saturated carbocycles. The molecule has 1 saturated heterocycles. The largest absolute Gasteiger partial charge is 0.490 e. The van der Waals surface area contributed by atoms with Gasteiger partial charge < -0.3 is 9.47 Å². The number of anilines is 1. The van der Waals surface area contributed by atoms with Crippen LogP contribution < -0.4 is 19.7 Å². The summed E-state index contributed by atoms with van der Waals surface area (Å²) >= 11 is 6.15. The minimum Gasteiger partial charge on any atom is -0.490 e. The summed E-state index contributed by atoms with van der Waals surface area (Å²) in [6.45, 7) is 6.63. The van der Waals surface area contributed by atoms with Crippen molar-refractivity contribution >= 4 is 41.2 Å². The number of nitrogens with one attached hydrogen (secondary N) is 1. The van der Waals surface area contributed by atoms with Crippen molar-refractivity contribution in [2.75, 3.05) is 18.1 Å². The summed E-state index contributed by atoms with van der Waals surface area (Å²) in [7, 11) is 0. The first-order valence-corrected chi connectivity index (χ1v) is 10.8. The number of hydrogen-bond acceptors (Lipinski definition) is 5. The summed E-state index contributed by atoms with van der Waals surface area (Å²) in [5.41, 5.74) is 1.25. The van der Waals surface area contributed by atoms with Crippen LogP contribution in [-0.4, -0.2) is 31.1 Å². The molecule has 0 unspecified atom stereocenters. The molecule has 8 heteroatoms. The topological polar surface area (TPSA) is 84.9 Å². The number of amides is 4. The van der Waals surface area contributed by atoms with Crippen LogP contribution in [0.4, 0.5) is 10.5 Å². The van der Waals surface area contributed by atoms with Crippen LogP contribution in [-0.2, 0) is 9.59 Å². The number of carbonyl (C=O) groups excluding carboxylic acids is 3. The van der Waals surface area contributed by atoms with Crippen molar-refractivity contribution in [2.24, 2.45) is 0 Å². The maximum absolute atomic E-state index is 13.1. The zero-order chi connectivity index (χ0) is 23.3. The van der Waals surface area contributed by atoms with Gasteiger partial charge in [-0.15, -0.1) is 0 Å². The van der Waals surface area contributed by atoms with Crippen molar-refractivity contribution < 1.29 is 23.9 Å². The fourth-order valence-corrected chi connectivity index (χ4v) is 3.38. The number of urea groups is 1. The second-order valence-electron chi connectivity index (χ2n) is 7.18. The van der Waals surface area contributed by atoms with Gasteiger partial charge in [-0.1, -0.05) is 37.1 Å². The Kier molecular flexibility index (Phi) is 7.53. The molecule has 168 valence electrons. The van der Waals surface area contributed by atoms with E-state index in [-0.39, 0.29) is 5.57 Å². The van der Waals surface area contributed by atoms with Crippen LogP contribution in [0.15, 0.2) is 42.0 Å². The molecular formula is C24H25ClN2O5. The Balaban J connectivity index is 1.96. The number of hydrogen-bond donors (Lipinski definition) is 1. The smallest absolute Gasteiger partial charge is 0.335 e. The maximum atomic E-state index is 13.1. The molecule has 4 amide bonds. The van der Waals surface area contributed by atoms with Crippen molar-refractivity contribution in [3.8, 4) is 11.5 Å². The molecule has 32 heavy (non-hydrogen) atoms. The molecule has 2 aromatic carbocycles. The van der Waals surface area contributed by atoms with Gasteiger partial charge >= 0.3 is 6.03 Å². The van der Waals surface area contributed by atoms with Crippen LogP contribution in [0.5, 0.6) is 11.5 Å². The molecule has 0 bridgehead atoms. The summed E-state index contributed by atoms with van der Waals surface area (Å²) in [5, 5.41) is 2.63. The standard InChI is InChI=1S/C24H25ClN2O5/c1-4-6-12-32-20-11-10-16(14-21(20)31-5-2)13-17-22(28)26-24(30)27(23(17)29)19-9-7-8-18(25)15(19)3/h7-11,13-14H,4-6,12H2,1-3H3,(H,26,28,30)/b17-13-. The predicted octanol–water partition coefficient (Wildman–Crippen LogP) is 4.89. The lowest BCUT2D eigenvalue weighted by Crippen LogP contribution is -2.54. The average Bonchev–Trinajstić information content (AvgIpc) is 2.75. The second kappa shape index (κ2) is 10.3. The minimum atomic E-state index is -0.822. The molecule has 1 heterocycles. The predicted molar refractivity (Wildman–Crippen MR) is 123 cm³/mol. The van der Waals surface area contributed by atoms with E-state index in [1.807, 2.05) is 6.92 Å². The lowest BCUT2D eigenvalue weighted by molar-refractivity contribution is -0.122. The SMILES string of the molecule is CCCCOc1ccc(/C=C2/C(=O)NC(=O)N(c3cccc(Cl)c3C)C2=O)cc1OCC. The molecule has 0 aromatic heterocycles. The number of ether oxygens (including phenoxy) is 2. The highest BCUT2D eigenvalue weighted by molar-refractivity contribution is 6.39. The Morgan fingerprint density at radius 2 is 1.84 bits per heavy atom. The van der Waals surface area contributed by atoms with Crippen LogP contribution >= 0.6 is 11.6 Å². The first-order valence-electron chi connectivity index (χ1n) is 10.4. The summed E-state index contributed by atoms with van der Waals surface area (Å²) in [6, 6.07) is 9.23. The number of benzene rings is 2. The number of carbonyl (C=O) groups is 3. The monoisotopic (exact) mass is 456 g/mol. The maximum Gasteiger partial charge on any atom is 0.335 e. The third-order valence-electron chi connectivity index (χ3n) is 4.92. The first-order chi connectivity index (χ1) is 15.4. The van der Waals surface area contributed by atoms with Gasteiger partial charge in [0.25, 0.3) is 11.8 Å². The fourth-order valence-electron chi connectivity index (χ4n) is 3.21. The molecule has 1 aliphatic rings. The highest BCUT2D eigenvalue weighted by atomic mass is 35.5. The van der Waals surface area contributed by atoms with E-state index in [4.69, 9.17) is 21.1 Å². The van der Waals surface area contributed by atoms with Gasteiger partial charge in [-0.2, -0.15) is 0 Å². The number of unbranched alkanes of at least 4 members (excludes halogenated alkanes) is 1. The van der Waals surface area contributed by atoms with E-state index in [2.05, 4.69) is 12.2 Å².